The van der Waals surface area contributed by atoms with E-state index in [9.17, 15) is 9.18 Å². The van der Waals surface area contributed by atoms with E-state index in [-0.39, 0.29) is 24.0 Å². The van der Waals surface area contributed by atoms with Gasteiger partial charge in [0.1, 0.15) is 11.3 Å². The predicted octanol–water partition coefficient (Wildman–Crippen LogP) is 3.74. The molecule has 0 aliphatic rings. The van der Waals surface area contributed by atoms with Gasteiger partial charge in [0.15, 0.2) is 11.5 Å². The van der Waals surface area contributed by atoms with Crippen LogP contribution in [-0.2, 0) is 13.1 Å². The number of benzene rings is 2. The number of nitrogens with zero attached hydrogens (tertiary/aromatic N) is 4. The molecule has 6 nitrogen and oxygen atoms in total. The van der Waals surface area contributed by atoms with Crippen LogP contribution in [0, 0.1) is 12.7 Å². The lowest BCUT2D eigenvalue weighted by Crippen LogP contribution is -2.23. The highest BCUT2D eigenvalue weighted by Crippen LogP contribution is 2.22. The minimum atomic E-state index is -0.365. The first kappa shape index (κ1) is 19.6. The summed E-state index contributed by atoms with van der Waals surface area (Å²) in [5.41, 5.74) is 3.36. The van der Waals surface area contributed by atoms with Gasteiger partial charge in [0.2, 0.25) is 0 Å². The molecule has 0 fully saturated rings. The lowest BCUT2D eigenvalue weighted by Gasteiger charge is -2.19. The van der Waals surface area contributed by atoms with Gasteiger partial charge in [-0.3, -0.25) is 4.79 Å². The van der Waals surface area contributed by atoms with Crippen molar-refractivity contribution >= 4 is 17.2 Å². The number of hydrogen-bond donors (Lipinski definition) is 1. The molecular weight excluding hydrogens is 381 g/mol. The van der Waals surface area contributed by atoms with Crippen LogP contribution >= 0.6 is 0 Å². The van der Waals surface area contributed by atoms with E-state index in [1.54, 1.807) is 35.0 Å². The van der Waals surface area contributed by atoms with E-state index in [4.69, 9.17) is 0 Å². The minimum absolute atomic E-state index is 0.0947. The summed E-state index contributed by atoms with van der Waals surface area (Å²) in [5.74, 6) is 0.0215. The molecule has 1 N–H and O–H groups in total. The summed E-state index contributed by atoms with van der Waals surface area (Å²) in [7, 11) is 1.96. The molecule has 0 bridgehead atoms. The normalized spacial score (nSPS) is 10.9. The van der Waals surface area contributed by atoms with Crippen LogP contribution in [0.4, 0.5) is 10.2 Å². The number of carbonyl (C=O) groups excluding carboxylic acids is 1. The number of fused-ring (bicyclic) bond motifs is 1. The zero-order chi connectivity index (χ0) is 21.1. The molecule has 2 heterocycles. The Morgan fingerprint density at radius 3 is 2.63 bits per heavy atom. The van der Waals surface area contributed by atoms with E-state index in [0.717, 1.165) is 22.6 Å². The molecule has 0 saturated heterocycles. The van der Waals surface area contributed by atoms with Gasteiger partial charge < -0.3 is 10.2 Å². The van der Waals surface area contributed by atoms with Crippen LogP contribution in [0.3, 0.4) is 0 Å². The molecular formula is C23H22FN5O. The Bertz CT molecular complexity index is 1190. The smallest absolute Gasteiger partial charge is 0.272 e. The lowest BCUT2D eigenvalue weighted by molar-refractivity contribution is 0.0945. The number of nitrogens with one attached hydrogen (secondary N) is 1. The van der Waals surface area contributed by atoms with E-state index < -0.39 is 0 Å². The standard InChI is InChI=1S/C23H22FN5O/c1-16-14-29-21(22(26-16)28(2)15-17-8-4-3-5-9-17)12-20(27-29)23(30)25-13-18-10-6-7-11-19(18)24/h3-12,14H,13,15H2,1-2H3,(H,25,30). The summed E-state index contributed by atoms with van der Waals surface area (Å²) >= 11 is 0. The van der Waals surface area contributed by atoms with Crippen LogP contribution in [0.5, 0.6) is 0 Å². The van der Waals surface area contributed by atoms with Gasteiger partial charge in [-0.25, -0.2) is 13.9 Å². The second kappa shape index (κ2) is 8.32. The average molecular weight is 403 g/mol. The Labute approximate surface area is 174 Å². The number of aryl methyl sites for hydroxylation is 1. The topological polar surface area (TPSA) is 62.5 Å². The summed E-state index contributed by atoms with van der Waals surface area (Å²) in [5, 5.41) is 7.13. The third-order valence-electron chi connectivity index (χ3n) is 4.81. The number of carbonyl (C=O) groups is 1. The van der Waals surface area contributed by atoms with Crippen LogP contribution in [0.25, 0.3) is 5.52 Å². The van der Waals surface area contributed by atoms with Crippen LogP contribution in [0.15, 0.2) is 66.9 Å². The molecule has 152 valence electrons. The van der Waals surface area contributed by atoms with Crippen LogP contribution < -0.4 is 10.2 Å². The number of anilines is 1. The first-order valence-corrected chi connectivity index (χ1v) is 9.65. The third-order valence-corrected chi connectivity index (χ3v) is 4.81. The number of rotatable bonds is 6. The van der Waals surface area contributed by atoms with Gasteiger partial charge in [-0.1, -0.05) is 48.5 Å². The molecule has 4 rings (SSSR count). The van der Waals surface area contributed by atoms with Gasteiger partial charge in [-0.2, -0.15) is 5.10 Å². The van der Waals surface area contributed by atoms with Crippen LogP contribution in [0.2, 0.25) is 0 Å². The average Bonchev–Trinajstić information content (AvgIpc) is 3.17. The molecule has 2 aromatic carbocycles. The molecule has 0 atom stereocenters. The van der Waals surface area contributed by atoms with Gasteiger partial charge >= 0.3 is 0 Å². The maximum Gasteiger partial charge on any atom is 0.272 e. The fourth-order valence-corrected chi connectivity index (χ4v) is 3.32. The van der Waals surface area contributed by atoms with E-state index in [1.165, 1.54) is 6.07 Å². The van der Waals surface area contributed by atoms with Gasteiger partial charge in [-0.05, 0) is 18.6 Å². The van der Waals surface area contributed by atoms with E-state index in [2.05, 4.69) is 27.5 Å². The third kappa shape index (κ3) is 4.15. The molecule has 0 saturated carbocycles. The Morgan fingerprint density at radius 1 is 1.13 bits per heavy atom. The van der Waals surface area contributed by atoms with Crippen molar-refractivity contribution < 1.29 is 9.18 Å². The van der Waals surface area contributed by atoms with Crippen molar-refractivity contribution in [3.8, 4) is 0 Å². The lowest BCUT2D eigenvalue weighted by atomic mass is 10.2. The van der Waals surface area contributed by atoms with Gasteiger partial charge in [0, 0.05) is 31.8 Å². The molecule has 30 heavy (non-hydrogen) atoms. The molecule has 7 heteroatoms. The number of halogens is 1. The zero-order valence-electron chi connectivity index (χ0n) is 16.8. The first-order chi connectivity index (χ1) is 14.5. The highest BCUT2D eigenvalue weighted by molar-refractivity contribution is 5.94. The Morgan fingerprint density at radius 2 is 1.87 bits per heavy atom. The van der Waals surface area contributed by atoms with Crippen molar-refractivity contribution in [3.05, 3.63) is 95.2 Å². The van der Waals surface area contributed by atoms with Gasteiger partial charge in [0.05, 0.1) is 11.9 Å². The summed E-state index contributed by atoms with van der Waals surface area (Å²) in [4.78, 5) is 19.3. The summed E-state index contributed by atoms with van der Waals surface area (Å²) in [6.45, 7) is 2.66. The van der Waals surface area contributed by atoms with E-state index >= 15 is 0 Å². The summed E-state index contributed by atoms with van der Waals surface area (Å²) in [6.07, 6.45) is 1.78. The molecule has 0 unspecified atom stereocenters. The molecule has 2 aromatic heterocycles. The van der Waals surface area contributed by atoms with Crippen molar-refractivity contribution in [2.75, 3.05) is 11.9 Å². The number of aromatic nitrogens is 3. The first-order valence-electron chi connectivity index (χ1n) is 9.65. The van der Waals surface area contributed by atoms with Crippen molar-refractivity contribution in [1.82, 2.24) is 19.9 Å². The van der Waals surface area contributed by atoms with Gasteiger partial charge in [0.25, 0.3) is 5.91 Å². The molecule has 4 aromatic rings. The van der Waals surface area contributed by atoms with E-state index in [1.807, 2.05) is 37.1 Å². The summed E-state index contributed by atoms with van der Waals surface area (Å²) in [6, 6.07) is 18.2. The second-order valence-electron chi connectivity index (χ2n) is 7.18. The SMILES string of the molecule is Cc1cn2nc(C(=O)NCc3ccccc3F)cc2c(N(C)Cc2ccccc2)n1. The van der Waals surface area contributed by atoms with Crippen LogP contribution in [-0.4, -0.2) is 27.6 Å². The zero-order valence-corrected chi connectivity index (χ0v) is 16.8. The maximum absolute atomic E-state index is 13.8. The Kier molecular flexibility index (Phi) is 5.43. The largest absolute Gasteiger partial charge is 0.354 e. The van der Waals surface area contributed by atoms with Crippen molar-refractivity contribution in [3.63, 3.8) is 0 Å². The molecule has 0 spiro atoms. The van der Waals surface area contributed by atoms with Crippen molar-refractivity contribution in [2.45, 2.75) is 20.0 Å². The number of amides is 1. The molecule has 0 aliphatic heterocycles. The Hall–Kier alpha value is -3.74. The van der Waals surface area contributed by atoms with Crippen molar-refractivity contribution in [1.29, 1.82) is 0 Å². The number of hydrogen-bond acceptors (Lipinski definition) is 4. The maximum atomic E-state index is 13.8. The van der Waals surface area contributed by atoms with Crippen molar-refractivity contribution in [2.24, 2.45) is 0 Å². The van der Waals surface area contributed by atoms with Gasteiger partial charge in [-0.15, -0.1) is 0 Å². The van der Waals surface area contributed by atoms with E-state index in [0.29, 0.717) is 12.1 Å². The monoisotopic (exact) mass is 403 g/mol. The fraction of sp³-hybridized carbons (Fsp3) is 0.174. The minimum Gasteiger partial charge on any atom is -0.354 e. The highest BCUT2D eigenvalue weighted by Gasteiger charge is 2.17. The quantitative estimate of drug-likeness (QED) is 0.533. The Balaban J connectivity index is 1.58. The molecule has 1 amide bonds. The van der Waals surface area contributed by atoms with Crippen LogP contribution in [0.1, 0.15) is 27.3 Å². The predicted molar refractivity (Wildman–Crippen MR) is 114 cm³/mol. The highest BCUT2D eigenvalue weighted by atomic mass is 19.1. The fourth-order valence-electron chi connectivity index (χ4n) is 3.32. The molecule has 0 radical (unpaired) electrons. The summed E-state index contributed by atoms with van der Waals surface area (Å²) < 4.78 is 15.5. The molecule has 0 aliphatic carbocycles. The second-order valence-corrected chi connectivity index (χ2v) is 7.18.